The maximum Gasteiger partial charge on any atom is 0.251 e. The predicted molar refractivity (Wildman–Crippen MR) is 109 cm³/mol. The zero-order valence-electron chi connectivity index (χ0n) is 15.9. The first-order valence-corrected chi connectivity index (χ1v) is 9.57. The molecule has 0 aliphatic carbocycles. The number of nitrogens with one attached hydrogen (secondary N) is 1. The van der Waals surface area contributed by atoms with Gasteiger partial charge in [-0.15, -0.1) is 5.10 Å². The van der Waals surface area contributed by atoms with Crippen LogP contribution in [0.25, 0.3) is 11.4 Å². The zero-order chi connectivity index (χ0) is 19.3. The van der Waals surface area contributed by atoms with Gasteiger partial charge in [-0.1, -0.05) is 6.92 Å². The van der Waals surface area contributed by atoms with Gasteiger partial charge in [-0.05, 0) is 37.1 Å². The molecule has 0 unspecified atom stereocenters. The molecular weight excluding hydrogens is 354 g/mol. The molecule has 0 saturated carbocycles. The van der Waals surface area contributed by atoms with Crippen LogP contribution >= 0.6 is 0 Å². The van der Waals surface area contributed by atoms with Crippen molar-refractivity contribution < 1.29 is 0 Å². The summed E-state index contributed by atoms with van der Waals surface area (Å²) in [6.07, 6.45) is 5.21. The van der Waals surface area contributed by atoms with E-state index in [1.165, 1.54) is 6.07 Å². The lowest BCUT2D eigenvalue weighted by atomic mass is 10.2. The Kier molecular flexibility index (Phi) is 5.27. The largest absolute Gasteiger partial charge is 0.355 e. The molecule has 0 bridgehead atoms. The van der Waals surface area contributed by atoms with Gasteiger partial charge in [0, 0.05) is 55.9 Å². The fraction of sp³-hybridized carbons (Fsp3) is 0.350. The molecular formula is C20H23N7O. The second-order valence-corrected chi connectivity index (χ2v) is 6.75. The summed E-state index contributed by atoms with van der Waals surface area (Å²) in [6, 6.07) is 9.40. The molecule has 0 spiro atoms. The number of pyridine rings is 1. The third-order valence-corrected chi connectivity index (χ3v) is 4.88. The fourth-order valence-corrected chi connectivity index (χ4v) is 3.38. The zero-order valence-corrected chi connectivity index (χ0v) is 15.9. The lowest BCUT2D eigenvalue weighted by molar-refractivity contribution is 0.785. The molecule has 1 saturated heterocycles. The van der Waals surface area contributed by atoms with Crippen LogP contribution < -0.4 is 15.4 Å². The summed E-state index contributed by atoms with van der Waals surface area (Å²) in [7, 11) is 0. The van der Waals surface area contributed by atoms with Crippen molar-refractivity contribution in [1.82, 2.24) is 25.1 Å². The summed E-state index contributed by atoms with van der Waals surface area (Å²) < 4.78 is 0. The van der Waals surface area contributed by atoms with Crippen molar-refractivity contribution in [2.24, 2.45) is 0 Å². The van der Waals surface area contributed by atoms with Crippen LogP contribution in [0.3, 0.4) is 0 Å². The lowest BCUT2D eigenvalue weighted by Gasteiger charge is -2.23. The number of aromatic amines is 1. The van der Waals surface area contributed by atoms with Gasteiger partial charge in [0.2, 0.25) is 0 Å². The first-order chi connectivity index (χ1) is 13.7. The predicted octanol–water partition coefficient (Wildman–Crippen LogP) is 1.90. The molecule has 3 aromatic rings. The number of rotatable bonds is 4. The van der Waals surface area contributed by atoms with E-state index in [0.29, 0.717) is 5.82 Å². The van der Waals surface area contributed by atoms with E-state index in [2.05, 4.69) is 34.9 Å². The van der Waals surface area contributed by atoms with Crippen molar-refractivity contribution >= 4 is 11.6 Å². The van der Waals surface area contributed by atoms with Gasteiger partial charge in [-0.25, -0.2) is 9.97 Å². The highest BCUT2D eigenvalue weighted by Gasteiger charge is 2.17. The number of hydrogen-bond acceptors (Lipinski definition) is 7. The molecule has 8 nitrogen and oxygen atoms in total. The molecule has 3 aromatic heterocycles. The van der Waals surface area contributed by atoms with E-state index >= 15 is 0 Å². The number of aromatic nitrogens is 5. The summed E-state index contributed by atoms with van der Waals surface area (Å²) in [6.45, 7) is 5.60. The van der Waals surface area contributed by atoms with Crippen LogP contribution in [-0.4, -0.2) is 51.3 Å². The molecule has 1 aliphatic rings. The van der Waals surface area contributed by atoms with E-state index in [4.69, 9.17) is 0 Å². The molecule has 0 atom stereocenters. The Hall–Kier alpha value is -3.29. The lowest BCUT2D eigenvalue weighted by Crippen LogP contribution is -2.31. The topological polar surface area (TPSA) is 90.9 Å². The number of H-pyrrole nitrogens is 1. The van der Waals surface area contributed by atoms with E-state index < -0.39 is 0 Å². The average Bonchev–Trinajstić information content (AvgIpc) is 3.00. The van der Waals surface area contributed by atoms with Crippen LogP contribution in [0.4, 0.5) is 11.6 Å². The van der Waals surface area contributed by atoms with Gasteiger partial charge in [-0.2, -0.15) is 5.10 Å². The second-order valence-electron chi connectivity index (χ2n) is 6.75. The molecule has 8 heteroatoms. The Bertz CT molecular complexity index is 972. The first-order valence-electron chi connectivity index (χ1n) is 9.57. The van der Waals surface area contributed by atoms with Crippen molar-refractivity contribution in [2.45, 2.75) is 19.8 Å². The number of anilines is 2. The van der Waals surface area contributed by atoms with Crippen LogP contribution in [-0.2, 0) is 6.42 Å². The highest BCUT2D eigenvalue weighted by atomic mass is 16.1. The van der Waals surface area contributed by atoms with E-state index in [9.17, 15) is 4.79 Å². The molecule has 0 radical (unpaired) electrons. The Morgan fingerprint density at radius 1 is 1.07 bits per heavy atom. The Morgan fingerprint density at radius 3 is 2.57 bits per heavy atom. The van der Waals surface area contributed by atoms with Crippen molar-refractivity contribution in [2.75, 3.05) is 36.0 Å². The summed E-state index contributed by atoms with van der Waals surface area (Å²) in [5, 5.41) is 8.19. The molecule has 1 aliphatic heterocycles. The third kappa shape index (κ3) is 4.00. The van der Waals surface area contributed by atoms with Crippen LogP contribution in [0.2, 0.25) is 0 Å². The van der Waals surface area contributed by atoms with Gasteiger partial charge in [-0.3, -0.25) is 4.79 Å². The number of hydrogen-bond donors (Lipinski definition) is 1. The van der Waals surface area contributed by atoms with E-state index in [1.807, 2.05) is 31.2 Å². The van der Waals surface area contributed by atoms with Crippen LogP contribution in [0.15, 0.2) is 47.5 Å². The summed E-state index contributed by atoms with van der Waals surface area (Å²) in [5.74, 6) is 2.41. The van der Waals surface area contributed by atoms with Gasteiger partial charge in [0.25, 0.3) is 5.56 Å². The molecule has 144 valence electrons. The van der Waals surface area contributed by atoms with Crippen LogP contribution in [0.5, 0.6) is 0 Å². The maximum atomic E-state index is 11.8. The highest BCUT2D eigenvalue weighted by molar-refractivity contribution is 5.56. The standard InChI is InChI=1S/C20H23N7O/c1-2-16-13-19(28)24-20(23-16)15-6-7-17(21-14-15)26-9-4-10-27(12-11-26)18-5-3-8-22-25-18/h3,5-8,13-14H,2,4,9-12H2,1H3,(H,23,24,28). The van der Waals surface area contributed by atoms with Crippen LogP contribution in [0.1, 0.15) is 19.0 Å². The van der Waals surface area contributed by atoms with E-state index in [1.54, 1.807) is 12.4 Å². The highest BCUT2D eigenvalue weighted by Crippen LogP contribution is 2.20. The molecule has 0 amide bonds. The van der Waals surface area contributed by atoms with Gasteiger partial charge < -0.3 is 14.8 Å². The molecule has 28 heavy (non-hydrogen) atoms. The number of nitrogens with zero attached hydrogens (tertiary/aromatic N) is 6. The van der Waals surface area contributed by atoms with Crippen molar-refractivity contribution in [3.05, 3.63) is 58.8 Å². The SMILES string of the molecule is CCc1cc(=O)[nH]c(-c2ccc(N3CCCN(c4cccnn4)CC3)nc2)n1. The van der Waals surface area contributed by atoms with Gasteiger partial charge in [0.05, 0.1) is 0 Å². The van der Waals surface area contributed by atoms with E-state index in [0.717, 1.165) is 61.9 Å². The second kappa shape index (κ2) is 8.16. The van der Waals surface area contributed by atoms with Gasteiger partial charge in [0.1, 0.15) is 11.6 Å². The number of aryl methyl sites for hydroxylation is 1. The molecule has 4 rings (SSSR count). The normalized spacial score (nSPS) is 14.8. The van der Waals surface area contributed by atoms with Gasteiger partial charge >= 0.3 is 0 Å². The fourth-order valence-electron chi connectivity index (χ4n) is 3.38. The smallest absolute Gasteiger partial charge is 0.251 e. The van der Waals surface area contributed by atoms with Crippen LogP contribution in [0, 0.1) is 0 Å². The Labute approximate surface area is 163 Å². The minimum absolute atomic E-state index is 0.137. The maximum absolute atomic E-state index is 11.8. The summed E-state index contributed by atoms with van der Waals surface area (Å²) >= 11 is 0. The third-order valence-electron chi connectivity index (χ3n) is 4.88. The van der Waals surface area contributed by atoms with E-state index in [-0.39, 0.29) is 5.56 Å². The average molecular weight is 377 g/mol. The van der Waals surface area contributed by atoms with Crippen molar-refractivity contribution in [3.8, 4) is 11.4 Å². The summed E-state index contributed by atoms with van der Waals surface area (Å²) in [5.41, 5.74) is 1.45. The quantitative estimate of drug-likeness (QED) is 0.742. The summed E-state index contributed by atoms with van der Waals surface area (Å²) in [4.78, 5) is 28.2. The van der Waals surface area contributed by atoms with Gasteiger partial charge in [0.15, 0.2) is 5.82 Å². The Morgan fingerprint density at radius 2 is 1.89 bits per heavy atom. The first kappa shape index (κ1) is 18.1. The molecule has 4 heterocycles. The molecule has 0 aromatic carbocycles. The van der Waals surface area contributed by atoms with Crippen molar-refractivity contribution in [1.29, 1.82) is 0 Å². The minimum atomic E-state index is -0.137. The Balaban J connectivity index is 1.48. The molecule has 1 fully saturated rings. The van der Waals surface area contributed by atoms with Crippen molar-refractivity contribution in [3.63, 3.8) is 0 Å². The molecule has 1 N–H and O–H groups in total. The monoisotopic (exact) mass is 377 g/mol. The minimum Gasteiger partial charge on any atom is -0.355 e.